The maximum Gasteiger partial charge on any atom is 0.278 e. The smallest absolute Gasteiger partial charge is 0.278 e. The van der Waals surface area contributed by atoms with Gasteiger partial charge in [0.25, 0.3) is 5.69 Å². The molecule has 0 bridgehead atoms. The molecule has 25 heavy (non-hydrogen) atoms. The molecule has 0 aliphatic carbocycles. The van der Waals surface area contributed by atoms with E-state index in [1.807, 2.05) is 6.92 Å². The number of anilines is 1. The van der Waals surface area contributed by atoms with Gasteiger partial charge in [0.1, 0.15) is 5.82 Å². The van der Waals surface area contributed by atoms with Crippen LogP contribution in [0, 0.1) is 17.0 Å². The Morgan fingerprint density at radius 1 is 1.40 bits per heavy atom. The highest BCUT2D eigenvalue weighted by Crippen LogP contribution is 2.49. The normalized spacial score (nSPS) is 18.5. The van der Waals surface area contributed by atoms with Gasteiger partial charge in [0, 0.05) is 12.6 Å². The Kier molecular flexibility index (Phi) is 3.57. The number of carbonyl (C=O) groups is 1. The van der Waals surface area contributed by atoms with E-state index in [1.165, 1.54) is 17.8 Å². The van der Waals surface area contributed by atoms with E-state index in [0.717, 1.165) is 5.56 Å². The van der Waals surface area contributed by atoms with Crippen molar-refractivity contribution in [3.05, 3.63) is 39.1 Å². The van der Waals surface area contributed by atoms with Gasteiger partial charge in [-0.1, -0.05) is 0 Å². The molecule has 0 radical (unpaired) electrons. The first kappa shape index (κ1) is 15.8. The van der Waals surface area contributed by atoms with Crippen LogP contribution in [0.25, 0.3) is 0 Å². The van der Waals surface area contributed by atoms with Crippen molar-refractivity contribution in [2.24, 2.45) is 7.05 Å². The standard InChI is InChI=1S/C15H14N4O5S/c1-7-13-14(25-5-12(20)16-15(13)18(2)17-7)8-3-10-11(24-6-23-10)4-9(8)19(21)22/h3-4,14H,5-6H2,1-2H3,(H,16,20)/t14-/m0/s1. The van der Waals surface area contributed by atoms with Crippen LogP contribution in [0.1, 0.15) is 22.1 Å². The molecule has 0 unspecified atom stereocenters. The number of nitro benzene ring substituents is 1. The zero-order chi connectivity index (χ0) is 17.7. The molecule has 1 atom stereocenters. The summed E-state index contributed by atoms with van der Waals surface area (Å²) in [5, 5.41) is 18.4. The van der Waals surface area contributed by atoms with E-state index in [4.69, 9.17) is 9.47 Å². The maximum absolute atomic E-state index is 12.0. The summed E-state index contributed by atoms with van der Waals surface area (Å²) in [7, 11) is 1.73. The van der Waals surface area contributed by atoms with Crippen molar-refractivity contribution in [2.45, 2.75) is 12.2 Å². The molecule has 130 valence electrons. The molecule has 1 amide bonds. The SMILES string of the molecule is Cc1nn(C)c2c1[C@H](c1cc3c(cc1[N+](=O)[O-])OCO3)SCC(=O)N2. The predicted molar refractivity (Wildman–Crippen MR) is 90.1 cm³/mol. The van der Waals surface area contributed by atoms with Crippen LogP contribution in [0.5, 0.6) is 11.5 Å². The average molecular weight is 362 g/mol. The van der Waals surface area contributed by atoms with E-state index in [2.05, 4.69) is 10.4 Å². The summed E-state index contributed by atoms with van der Waals surface area (Å²) in [6.07, 6.45) is 0. The van der Waals surface area contributed by atoms with Crippen molar-refractivity contribution in [1.29, 1.82) is 0 Å². The van der Waals surface area contributed by atoms with Crippen molar-refractivity contribution >= 4 is 29.2 Å². The van der Waals surface area contributed by atoms with Crippen LogP contribution < -0.4 is 14.8 Å². The molecule has 0 spiro atoms. The molecular weight excluding hydrogens is 348 g/mol. The second-order valence-electron chi connectivity index (χ2n) is 5.73. The molecular formula is C15H14N4O5S. The number of hydrogen-bond acceptors (Lipinski definition) is 7. The highest BCUT2D eigenvalue weighted by molar-refractivity contribution is 8.00. The molecule has 1 aromatic heterocycles. The Balaban J connectivity index is 1.93. The highest BCUT2D eigenvalue weighted by Gasteiger charge is 2.35. The van der Waals surface area contributed by atoms with Gasteiger partial charge in [-0.3, -0.25) is 19.6 Å². The second kappa shape index (κ2) is 5.66. The molecule has 2 aromatic rings. The molecule has 1 aromatic carbocycles. The third kappa shape index (κ3) is 2.49. The van der Waals surface area contributed by atoms with Gasteiger partial charge in [-0.25, -0.2) is 0 Å². The van der Waals surface area contributed by atoms with E-state index in [0.29, 0.717) is 28.6 Å². The number of nitro groups is 1. The number of ether oxygens (including phenoxy) is 2. The number of amides is 1. The summed E-state index contributed by atoms with van der Waals surface area (Å²) in [5.74, 6) is 1.40. The van der Waals surface area contributed by atoms with Crippen molar-refractivity contribution in [3.63, 3.8) is 0 Å². The Labute approximate surface area is 146 Å². The first-order valence-corrected chi connectivity index (χ1v) is 8.53. The van der Waals surface area contributed by atoms with E-state index < -0.39 is 10.2 Å². The molecule has 2 aliphatic heterocycles. The quantitative estimate of drug-likeness (QED) is 0.644. The lowest BCUT2D eigenvalue weighted by Crippen LogP contribution is -2.15. The predicted octanol–water partition coefficient (Wildman–Crippen LogP) is 2.14. The van der Waals surface area contributed by atoms with E-state index in [9.17, 15) is 14.9 Å². The van der Waals surface area contributed by atoms with Gasteiger partial charge in [-0.15, -0.1) is 11.8 Å². The number of thioether (sulfide) groups is 1. The molecule has 1 N–H and O–H groups in total. The largest absolute Gasteiger partial charge is 0.454 e. The van der Waals surface area contributed by atoms with Crippen molar-refractivity contribution in [2.75, 3.05) is 17.9 Å². The minimum absolute atomic E-state index is 0.0327. The summed E-state index contributed by atoms with van der Waals surface area (Å²) >= 11 is 1.33. The number of carbonyl (C=O) groups excluding carboxylic acids is 1. The van der Waals surface area contributed by atoms with Crippen molar-refractivity contribution in [3.8, 4) is 11.5 Å². The third-order valence-electron chi connectivity index (χ3n) is 4.17. The van der Waals surface area contributed by atoms with Crippen LogP contribution in [0.3, 0.4) is 0 Å². The Bertz CT molecular complexity index is 910. The average Bonchev–Trinajstić information content (AvgIpc) is 3.06. The number of hydrogen-bond donors (Lipinski definition) is 1. The Morgan fingerprint density at radius 3 is 2.84 bits per heavy atom. The fraction of sp³-hybridized carbons (Fsp3) is 0.333. The van der Waals surface area contributed by atoms with E-state index in [1.54, 1.807) is 17.8 Å². The van der Waals surface area contributed by atoms with Gasteiger partial charge in [0.2, 0.25) is 12.7 Å². The molecule has 10 heteroatoms. The first-order chi connectivity index (χ1) is 12.0. The van der Waals surface area contributed by atoms with Crippen molar-refractivity contribution in [1.82, 2.24) is 9.78 Å². The fourth-order valence-electron chi connectivity index (χ4n) is 3.11. The van der Waals surface area contributed by atoms with Crippen LogP contribution >= 0.6 is 11.8 Å². The van der Waals surface area contributed by atoms with Gasteiger partial charge >= 0.3 is 0 Å². The number of fused-ring (bicyclic) bond motifs is 2. The summed E-state index contributed by atoms with van der Waals surface area (Å²) < 4.78 is 12.2. The lowest BCUT2D eigenvalue weighted by atomic mass is 10.0. The van der Waals surface area contributed by atoms with E-state index in [-0.39, 0.29) is 24.1 Å². The number of rotatable bonds is 2. The van der Waals surface area contributed by atoms with Crippen molar-refractivity contribution < 1.29 is 19.2 Å². The fourth-order valence-corrected chi connectivity index (χ4v) is 4.31. The Morgan fingerprint density at radius 2 is 2.12 bits per heavy atom. The number of benzene rings is 1. The summed E-state index contributed by atoms with van der Waals surface area (Å²) in [4.78, 5) is 23.2. The molecule has 0 saturated carbocycles. The lowest BCUT2D eigenvalue weighted by Gasteiger charge is -2.16. The summed E-state index contributed by atoms with van der Waals surface area (Å²) in [6, 6.07) is 3.01. The summed E-state index contributed by atoms with van der Waals surface area (Å²) in [5.41, 5.74) is 1.88. The third-order valence-corrected chi connectivity index (χ3v) is 5.42. The number of aryl methyl sites for hydroxylation is 2. The molecule has 3 heterocycles. The van der Waals surface area contributed by atoms with Crippen LogP contribution in [-0.4, -0.2) is 33.2 Å². The van der Waals surface area contributed by atoms with Crippen LogP contribution in [0.15, 0.2) is 12.1 Å². The lowest BCUT2D eigenvalue weighted by molar-refractivity contribution is -0.385. The van der Waals surface area contributed by atoms with Gasteiger partial charge in [0.05, 0.1) is 33.2 Å². The summed E-state index contributed by atoms with van der Waals surface area (Å²) in [6.45, 7) is 1.85. The maximum atomic E-state index is 12.0. The van der Waals surface area contributed by atoms with Crippen LogP contribution in [0.4, 0.5) is 11.5 Å². The zero-order valence-corrected chi connectivity index (χ0v) is 14.3. The highest BCUT2D eigenvalue weighted by atomic mass is 32.2. The molecule has 4 rings (SSSR count). The number of nitrogens with zero attached hydrogens (tertiary/aromatic N) is 3. The van der Waals surface area contributed by atoms with Crippen LogP contribution in [0.2, 0.25) is 0 Å². The number of aromatic nitrogens is 2. The van der Waals surface area contributed by atoms with Gasteiger partial charge in [-0.05, 0) is 13.0 Å². The van der Waals surface area contributed by atoms with E-state index >= 15 is 0 Å². The van der Waals surface area contributed by atoms with Gasteiger partial charge < -0.3 is 14.8 Å². The van der Waals surface area contributed by atoms with Gasteiger partial charge in [-0.2, -0.15) is 5.10 Å². The molecule has 2 aliphatic rings. The topological polar surface area (TPSA) is 109 Å². The second-order valence-corrected chi connectivity index (χ2v) is 6.83. The zero-order valence-electron chi connectivity index (χ0n) is 13.4. The molecule has 0 fully saturated rings. The molecule has 0 saturated heterocycles. The van der Waals surface area contributed by atoms with Crippen LogP contribution in [-0.2, 0) is 11.8 Å². The Hall–Kier alpha value is -2.75. The van der Waals surface area contributed by atoms with Gasteiger partial charge in [0.15, 0.2) is 11.5 Å². The minimum atomic E-state index is -0.441. The first-order valence-electron chi connectivity index (χ1n) is 7.48. The molecule has 9 nitrogen and oxygen atoms in total. The monoisotopic (exact) mass is 362 g/mol. The minimum Gasteiger partial charge on any atom is -0.454 e. The number of nitrogens with one attached hydrogen (secondary N) is 1.